The van der Waals surface area contributed by atoms with Gasteiger partial charge in [0.2, 0.25) is 5.95 Å². The van der Waals surface area contributed by atoms with Crippen molar-refractivity contribution >= 4 is 86.4 Å². The Labute approximate surface area is 522 Å². The molecule has 3 heterocycles. The first-order chi connectivity index (χ1) is 45.1. The van der Waals surface area contributed by atoms with Gasteiger partial charge in [-0.3, -0.25) is 4.57 Å². The highest BCUT2D eigenvalue weighted by Gasteiger charge is 2.30. The molecule has 6 heteroatoms. The van der Waals surface area contributed by atoms with Crippen LogP contribution in [0.5, 0.6) is 0 Å². The van der Waals surface area contributed by atoms with Crippen molar-refractivity contribution in [2.24, 2.45) is 0 Å². The van der Waals surface area contributed by atoms with Gasteiger partial charge in [0.1, 0.15) is 0 Å². The average Bonchev–Trinajstić information content (AvgIpc) is 1.59. The Morgan fingerprint density at radius 3 is 1.63 bits per heavy atom. The molecule has 418 valence electrons. The van der Waals surface area contributed by atoms with E-state index in [-0.39, 0.29) is 0 Å². The number of benzene rings is 15. The molecule has 0 unspecified atom stereocenters. The third-order valence-electron chi connectivity index (χ3n) is 19.4. The molecule has 0 spiro atoms. The summed E-state index contributed by atoms with van der Waals surface area (Å²) < 4.78 is 2.18. The Kier molecular flexibility index (Phi) is 10.5. The molecular formula is C85H48N6. The maximum Gasteiger partial charge on any atom is 0.238 e. The van der Waals surface area contributed by atoms with Gasteiger partial charge < -0.3 is 0 Å². The summed E-state index contributed by atoms with van der Waals surface area (Å²) in [5, 5.41) is 16.8. The number of hydrogen-bond acceptors (Lipinski definition) is 5. The fraction of sp³-hybridized carbons (Fsp3) is 0. The summed E-state index contributed by atoms with van der Waals surface area (Å²) in [5.74, 6) is 2.53. The van der Waals surface area contributed by atoms with Gasteiger partial charge in [-0.2, -0.15) is 9.97 Å². The summed E-state index contributed by atoms with van der Waals surface area (Å²) in [4.78, 5) is 26.3. The lowest BCUT2D eigenvalue weighted by molar-refractivity contribution is 0.953. The van der Waals surface area contributed by atoms with Crippen LogP contribution in [-0.2, 0) is 0 Å². The molecule has 0 aliphatic heterocycles. The topological polar surface area (TPSA) is 69.4 Å². The van der Waals surface area contributed by atoms with Gasteiger partial charge in [-0.05, 0) is 181 Å². The van der Waals surface area contributed by atoms with Crippen LogP contribution < -0.4 is 0 Å². The molecule has 15 aromatic carbocycles. The molecule has 20 rings (SSSR count). The predicted molar refractivity (Wildman–Crippen MR) is 376 cm³/mol. The zero-order valence-electron chi connectivity index (χ0n) is 48.9. The second kappa shape index (κ2) is 19.1. The summed E-state index contributed by atoms with van der Waals surface area (Å²) >= 11 is 0. The third-order valence-corrected chi connectivity index (χ3v) is 19.4. The van der Waals surface area contributed by atoms with Crippen LogP contribution in [0.1, 0.15) is 0 Å². The van der Waals surface area contributed by atoms with E-state index in [1.54, 1.807) is 0 Å². The van der Waals surface area contributed by atoms with Crippen molar-refractivity contribution in [1.82, 2.24) is 29.5 Å². The molecule has 2 aliphatic rings. The smallest absolute Gasteiger partial charge is 0.238 e. The quantitative estimate of drug-likeness (QED) is 0.117. The number of aromatic nitrogens is 6. The molecule has 0 saturated carbocycles. The fourth-order valence-corrected chi connectivity index (χ4v) is 15.3. The van der Waals surface area contributed by atoms with E-state index >= 15 is 0 Å². The van der Waals surface area contributed by atoms with E-state index in [0.717, 1.165) is 55.1 Å². The zero-order valence-corrected chi connectivity index (χ0v) is 48.9. The predicted octanol–water partition coefficient (Wildman–Crippen LogP) is 22.0. The van der Waals surface area contributed by atoms with Crippen LogP contribution in [0.4, 0.5) is 0 Å². The summed E-state index contributed by atoms with van der Waals surface area (Å²) in [6, 6.07) is 103. The lowest BCUT2D eigenvalue weighted by Crippen LogP contribution is -2.06. The monoisotopic (exact) mass is 1150 g/mol. The lowest BCUT2D eigenvalue weighted by Gasteiger charge is -2.14. The van der Waals surface area contributed by atoms with Crippen LogP contribution in [0.2, 0.25) is 0 Å². The highest BCUT2D eigenvalue weighted by atomic mass is 15.2. The highest BCUT2D eigenvalue weighted by Crippen LogP contribution is 2.56. The molecule has 0 atom stereocenters. The number of nitrogens with zero attached hydrogens (tertiary/aromatic N) is 6. The highest BCUT2D eigenvalue weighted by molar-refractivity contribution is 6.30. The van der Waals surface area contributed by atoms with Gasteiger partial charge in [0.25, 0.3) is 0 Å². The van der Waals surface area contributed by atoms with Crippen molar-refractivity contribution < 1.29 is 0 Å². The molecule has 2 aliphatic carbocycles. The van der Waals surface area contributed by atoms with Crippen LogP contribution in [0.25, 0.3) is 205 Å². The SMILES string of the molecule is c1ccc(-c2ccc3c(-c4ccnc(-c5ccc6c7c(cc8ccccc8c57)-c5ccc7cc(-c8ccc9c%10c(c%11ccccc%11cc8%10)-c8cc(-c%10nc(-c%11ccccc%11)nc(-n%11c%12ccccc%12c%12ccccc%12%11)n%10)ccc8-9)ccc7c5-6)n4)cccc3c2)cc1. The first kappa shape index (κ1) is 49.8. The molecule has 3 aromatic heterocycles. The van der Waals surface area contributed by atoms with Crippen molar-refractivity contribution in [2.45, 2.75) is 0 Å². The van der Waals surface area contributed by atoms with E-state index in [2.05, 4.69) is 265 Å². The molecule has 0 N–H and O–H groups in total. The van der Waals surface area contributed by atoms with E-state index in [4.69, 9.17) is 24.9 Å². The number of para-hydroxylation sites is 2. The molecule has 0 amide bonds. The van der Waals surface area contributed by atoms with E-state index in [1.165, 1.54) is 126 Å². The van der Waals surface area contributed by atoms with Crippen LogP contribution in [0, 0.1) is 0 Å². The van der Waals surface area contributed by atoms with Crippen LogP contribution >= 0.6 is 0 Å². The molecule has 6 nitrogen and oxygen atoms in total. The van der Waals surface area contributed by atoms with Crippen LogP contribution in [0.15, 0.2) is 291 Å². The van der Waals surface area contributed by atoms with Crippen molar-refractivity contribution in [3.63, 3.8) is 0 Å². The normalized spacial score (nSPS) is 12.2. The van der Waals surface area contributed by atoms with Gasteiger partial charge in [-0.25, -0.2) is 15.0 Å². The number of rotatable bonds is 7. The van der Waals surface area contributed by atoms with E-state index in [0.29, 0.717) is 23.4 Å². The van der Waals surface area contributed by atoms with Crippen molar-refractivity contribution in [2.75, 3.05) is 0 Å². The molecule has 18 aromatic rings. The standard InChI is InChI=1S/C85H48N6/c1-3-16-49(17-4-1)51-30-34-58-52(44-51)22-15-27-64(58)74-42-43-86-84(87-74)70-41-40-69-77-62-35-31-55(45-56(62)32-37-68(77)73-47-54-21-7-9-23-60(54)78(70)81(69)73)59-38-39-67-63-36-33-57(48-72(63)79-61-24-10-8-20-53(61)46-71(59)80(67)79)83-88-82(50-18-5-2-6-19-50)89-85(90-83)91-75-28-13-11-25-65(75)66-26-12-14-29-76(66)91/h1-48H. The first-order valence-corrected chi connectivity index (χ1v) is 31.0. The summed E-state index contributed by atoms with van der Waals surface area (Å²) in [6.07, 6.45) is 1.92. The van der Waals surface area contributed by atoms with Gasteiger partial charge in [0.15, 0.2) is 17.5 Å². The molecular weight excluding hydrogens is 1100 g/mol. The second-order valence-electron chi connectivity index (χ2n) is 24.2. The maximum atomic E-state index is 5.42. The Morgan fingerprint density at radius 2 is 0.813 bits per heavy atom. The summed E-state index contributed by atoms with van der Waals surface area (Å²) in [5.41, 5.74) is 21.5. The summed E-state index contributed by atoms with van der Waals surface area (Å²) in [6.45, 7) is 0. The molecule has 91 heavy (non-hydrogen) atoms. The maximum absolute atomic E-state index is 5.42. The molecule has 0 radical (unpaired) electrons. The minimum atomic E-state index is 0.579. The second-order valence-corrected chi connectivity index (χ2v) is 24.2. The minimum Gasteiger partial charge on any atom is -0.278 e. The molecule has 0 fully saturated rings. The van der Waals surface area contributed by atoms with Crippen molar-refractivity contribution in [3.05, 3.63) is 291 Å². The fourth-order valence-electron chi connectivity index (χ4n) is 15.3. The van der Waals surface area contributed by atoms with Gasteiger partial charge in [0.05, 0.1) is 16.7 Å². The largest absolute Gasteiger partial charge is 0.278 e. The lowest BCUT2D eigenvalue weighted by atomic mass is 9.89. The Balaban J connectivity index is 0.707. The van der Waals surface area contributed by atoms with Gasteiger partial charge in [0, 0.05) is 44.6 Å². The molecule has 0 bridgehead atoms. The minimum absolute atomic E-state index is 0.579. The van der Waals surface area contributed by atoms with Crippen molar-refractivity contribution in [1.29, 1.82) is 0 Å². The Bertz CT molecular complexity index is 6150. The Morgan fingerprint density at radius 1 is 0.231 bits per heavy atom. The van der Waals surface area contributed by atoms with E-state index < -0.39 is 0 Å². The third kappa shape index (κ3) is 7.39. The van der Waals surface area contributed by atoms with Gasteiger partial charge in [-0.1, -0.05) is 231 Å². The number of fused-ring (bicyclic) bond motifs is 16. The van der Waals surface area contributed by atoms with Crippen molar-refractivity contribution in [3.8, 4) is 118 Å². The Hall–Kier alpha value is -12.3. The number of hydrogen-bond donors (Lipinski definition) is 0. The van der Waals surface area contributed by atoms with E-state index in [1.807, 2.05) is 30.5 Å². The molecule has 0 saturated heterocycles. The van der Waals surface area contributed by atoms with Gasteiger partial charge >= 0.3 is 0 Å². The first-order valence-electron chi connectivity index (χ1n) is 31.0. The van der Waals surface area contributed by atoms with Gasteiger partial charge in [-0.15, -0.1) is 0 Å². The zero-order chi connectivity index (χ0) is 59.4. The van der Waals surface area contributed by atoms with Crippen LogP contribution in [-0.4, -0.2) is 29.5 Å². The van der Waals surface area contributed by atoms with E-state index in [9.17, 15) is 0 Å². The summed E-state index contributed by atoms with van der Waals surface area (Å²) in [7, 11) is 0. The average molecular weight is 1150 g/mol. The van der Waals surface area contributed by atoms with Crippen LogP contribution in [0.3, 0.4) is 0 Å².